The number of rotatable bonds is 5. The summed E-state index contributed by atoms with van der Waals surface area (Å²) in [6, 6.07) is 27.0. The maximum absolute atomic E-state index is 12.7. The number of hydrogen-bond acceptors (Lipinski definition) is 3. The molecule has 0 unspecified atom stereocenters. The Morgan fingerprint density at radius 1 is 0.600 bits per heavy atom. The van der Waals surface area contributed by atoms with Crippen LogP contribution in [0.4, 0.5) is 21.9 Å². The van der Waals surface area contributed by atoms with E-state index >= 15 is 0 Å². The van der Waals surface area contributed by atoms with Gasteiger partial charge in [0.2, 0.25) is 0 Å². The number of para-hydroxylation sites is 1. The Balaban J connectivity index is 1.39. The first-order valence-electron chi connectivity index (χ1n) is 9.36. The first-order valence-corrected chi connectivity index (χ1v) is 9.36. The van der Waals surface area contributed by atoms with Crippen molar-refractivity contribution in [1.82, 2.24) is 0 Å². The third kappa shape index (κ3) is 4.56. The highest BCUT2D eigenvalue weighted by Crippen LogP contribution is 2.25. The number of anilines is 3. The number of carbonyl (C=O) groups is 2. The van der Waals surface area contributed by atoms with Gasteiger partial charge in [-0.05, 0) is 48.0 Å². The molecule has 4 rings (SSSR count). The van der Waals surface area contributed by atoms with Gasteiger partial charge < -0.3 is 20.4 Å². The molecule has 0 saturated carbocycles. The molecule has 0 spiro atoms. The van der Waals surface area contributed by atoms with E-state index in [9.17, 15) is 9.59 Å². The van der Waals surface area contributed by atoms with Crippen LogP contribution >= 0.6 is 0 Å². The lowest BCUT2D eigenvalue weighted by molar-refractivity contribution is 0.0997. The normalized spacial score (nSPS) is 10.3. The highest BCUT2D eigenvalue weighted by atomic mass is 16.3. The van der Waals surface area contributed by atoms with Crippen molar-refractivity contribution >= 4 is 29.0 Å². The monoisotopic (exact) mass is 397 g/mol. The van der Waals surface area contributed by atoms with E-state index in [-0.39, 0.29) is 17.7 Å². The molecular weight excluding hydrogens is 378 g/mol. The number of benzene rings is 3. The molecule has 0 radical (unpaired) electrons. The summed E-state index contributed by atoms with van der Waals surface area (Å²) in [6.07, 6.45) is 1.50. The Hall–Kier alpha value is -4.32. The van der Waals surface area contributed by atoms with E-state index in [1.54, 1.807) is 42.5 Å². The third-order valence-corrected chi connectivity index (χ3v) is 4.39. The number of urea groups is 1. The Morgan fingerprint density at radius 2 is 1.13 bits per heavy atom. The molecule has 1 heterocycles. The van der Waals surface area contributed by atoms with Crippen LogP contribution < -0.4 is 16.0 Å². The van der Waals surface area contributed by atoms with Crippen LogP contribution in [0.15, 0.2) is 102 Å². The predicted molar refractivity (Wildman–Crippen MR) is 118 cm³/mol. The van der Waals surface area contributed by atoms with Crippen LogP contribution in [0.25, 0.3) is 11.1 Å². The molecule has 0 aliphatic heterocycles. The molecule has 0 saturated heterocycles. The average Bonchev–Trinajstić information content (AvgIpc) is 3.27. The number of furan rings is 1. The Morgan fingerprint density at radius 3 is 1.77 bits per heavy atom. The topological polar surface area (TPSA) is 83.4 Å². The van der Waals surface area contributed by atoms with Crippen molar-refractivity contribution < 1.29 is 14.0 Å². The summed E-state index contributed by atoms with van der Waals surface area (Å²) in [5.41, 5.74) is 3.52. The zero-order valence-corrected chi connectivity index (χ0v) is 16.0. The molecule has 3 aromatic carbocycles. The van der Waals surface area contributed by atoms with Crippen LogP contribution in [-0.4, -0.2) is 11.9 Å². The first kappa shape index (κ1) is 19.0. The van der Waals surface area contributed by atoms with Gasteiger partial charge in [-0.1, -0.05) is 48.5 Å². The second-order valence-corrected chi connectivity index (χ2v) is 6.51. The lowest BCUT2D eigenvalue weighted by atomic mass is 10.1. The first-order chi connectivity index (χ1) is 14.7. The lowest BCUT2D eigenvalue weighted by Gasteiger charge is -2.09. The van der Waals surface area contributed by atoms with Crippen molar-refractivity contribution in [3.05, 3.63) is 103 Å². The summed E-state index contributed by atoms with van der Waals surface area (Å²) in [6.45, 7) is 0. The van der Waals surface area contributed by atoms with Crippen molar-refractivity contribution in [1.29, 1.82) is 0 Å². The van der Waals surface area contributed by atoms with E-state index < -0.39 is 0 Å². The van der Waals surface area contributed by atoms with E-state index in [0.717, 1.165) is 11.1 Å². The van der Waals surface area contributed by atoms with Crippen molar-refractivity contribution in [2.45, 2.75) is 0 Å². The van der Waals surface area contributed by atoms with Crippen LogP contribution in [0, 0.1) is 0 Å². The van der Waals surface area contributed by atoms with E-state index in [0.29, 0.717) is 17.1 Å². The molecule has 0 bridgehead atoms. The SMILES string of the molecule is O=C(Nc1ccccc1)Nc1ccc(NC(=O)c2occc2-c2ccccc2)cc1. The molecule has 3 N–H and O–H groups in total. The van der Waals surface area contributed by atoms with Gasteiger partial charge in [0.25, 0.3) is 5.91 Å². The molecule has 1 aromatic heterocycles. The second kappa shape index (κ2) is 8.79. The highest BCUT2D eigenvalue weighted by molar-refractivity contribution is 6.06. The highest BCUT2D eigenvalue weighted by Gasteiger charge is 2.17. The van der Waals surface area contributed by atoms with Gasteiger partial charge in [0, 0.05) is 22.6 Å². The van der Waals surface area contributed by atoms with Gasteiger partial charge >= 0.3 is 6.03 Å². The second-order valence-electron chi connectivity index (χ2n) is 6.51. The van der Waals surface area contributed by atoms with E-state index in [1.807, 2.05) is 48.5 Å². The van der Waals surface area contributed by atoms with Crippen LogP contribution in [0.5, 0.6) is 0 Å². The fraction of sp³-hybridized carbons (Fsp3) is 0. The predicted octanol–water partition coefficient (Wildman–Crippen LogP) is 5.84. The van der Waals surface area contributed by atoms with Crippen LogP contribution in [0.3, 0.4) is 0 Å². The van der Waals surface area contributed by atoms with Gasteiger partial charge in [-0.15, -0.1) is 0 Å². The molecule has 6 nitrogen and oxygen atoms in total. The quantitative estimate of drug-likeness (QED) is 0.395. The van der Waals surface area contributed by atoms with Crippen molar-refractivity contribution in [3.8, 4) is 11.1 Å². The zero-order chi connectivity index (χ0) is 20.8. The molecule has 6 heteroatoms. The van der Waals surface area contributed by atoms with Crippen molar-refractivity contribution in [2.75, 3.05) is 16.0 Å². The minimum absolute atomic E-state index is 0.241. The molecule has 4 aromatic rings. The largest absolute Gasteiger partial charge is 0.459 e. The Kier molecular flexibility index (Phi) is 5.57. The van der Waals surface area contributed by atoms with E-state index in [4.69, 9.17) is 4.42 Å². The van der Waals surface area contributed by atoms with Gasteiger partial charge in [0.15, 0.2) is 5.76 Å². The van der Waals surface area contributed by atoms with Crippen molar-refractivity contribution in [2.24, 2.45) is 0 Å². The Labute approximate surface area is 173 Å². The summed E-state index contributed by atoms with van der Waals surface area (Å²) in [5, 5.41) is 8.31. The van der Waals surface area contributed by atoms with Crippen LogP contribution in [0.1, 0.15) is 10.6 Å². The molecule has 3 amide bonds. The molecule has 0 aliphatic rings. The molecular formula is C24H19N3O3. The molecule has 148 valence electrons. The van der Waals surface area contributed by atoms with Crippen molar-refractivity contribution in [3.63, 3.8) is 0 Å². The maximum Gasteiger partial charge on any atom is 0.323 e. The Bertz CT molecular complexity index is 1140. The maximum atomic E-state index is 12.7. The molecule has 30 heavy (non-hydrogen) atoms. The van der Waals surface area contributed by atoms with Crippen LogP contribution in [0.2, 0.25) is 0 Å². The number of hydrogen-bond donors (Lipinski definition) is 3. The molecule has 0 fully saturated rings. The van der Waals surface area contributed by atoms with E-state index in [2.05, 4.69) is 16.0 Å². The minimum Gasteiger partial charge on any atom is -0.459 e. The summed E-state index contributed by atoms with van der Waals surface area (Å²) in [5.74, 6) is -0.105. The number of nitrogens with one attached hydrogen (secondary N) is 3. The van der Waals surface area contributed by atoms with Gasteiger partial charge in [0.05, 0.1) is 6.26 Å². The van der Waals surface area contributed by atoms with Gasteiger partial charge in [-0.25, -0.2) is 4.79 Å². The van der Waals surface area contributed by atoms with E-state index in [1.165, 1.54) is 6.26 Å². The molecule has 0 aliphatic carbocycles. The minimum atomic E-state index is -0.346. The number of carbonyl (C=O) groups excluding carboxylic acids is 2. The lowest BCUT2D eigenvalue weighted by Crippen LogP contribution is -2.19. The number of amides is 3. The van der Waals surface area contributed by atoms with Crippen LogP contribution in [-0.2, 0) is 0 Å². The fourth-order valence-corrected chi connectivity index (χ4v) is 2.97. The van der Waals surface area contributed by atoms with Gasteiger partial charge in [0.1, 0.15) is 0 Å². The smallest absolute Gasteiger partial charge is 0.323 e. The zero-order valence-electron chi connectivity index (χ0n) is 16.0. The summed E-state index contributed by atoms with van der Waals surface area (Å²) >= 11 is 0. The fourth-order valence-electron chi connectivity index (χ4n) is 2.97. The molecule has 0 atom stereocenters. The summed E-state index contributed by atoms with van der Waals surface area (Å²) < 4.78 is 5.41. The third-order valence-electron chi connectivity index (χ3n) is 4.39. The standard InChI is InChI=1S/C24H19N3O3/c28-23(22-21(15-16-30-22)17-7-3-1-4-8-17)25-19-11-13-20(14-12-19)27-24(29)26-18-9-5-2-6-10-18/h1-16H,(H,25,28)(H2,26,27,29). The van der Waals surface area contributed by atoms with Gasteiger partial charge in [-0.3, -0.25) is 4.79 Å². The van der Waals surface area contributed by atoms with Gasteiger partial charge in [-0.2, -0.15) is 0 Å². The summed E-state index contributed by atoms with van der Waals surface area (Å²) in [4.78, 5) is 24.7. The average molecular weight is 397 g/mol. The summed E-state index contributed by atoms with van der Waals surface area (Å²) in [7, 11) is 0.